The molecule has 0 aliphatic carbocycles. The van der Waals surface area contributed by atoms with Crippen LogP contribution in [0, 0.1) is 12.7 Å². The molecule has 0 fully saturated rings. The summed E-state index contributed by atoms with van der Waals surface area (Å²) in [5, 5.41) is 2.02. The van der Waals surface area contributed by atoms with E-state index in [1.54, 1.807) is 12.1 Å². The fourth-order valence-electron chi connectivity index (χ4n) is 2.14. The Morgan fingerprint density at radius 1 is 1.11 bits per heavy atom. The number of nitrogen functional groups attached to an aromatic ring is 1. The Kier molecular flexibility index (Phi) is 2.52. The molecule has 1 heterocycles. The van der Waals surface area contributed by atoms with Gasteiger partial charge >= 0.3 is 0 Å². The number of hydrogen-bond donors (Lipinski definition) is 1. The second kappa shape index (κ2) is 4.07. The second-order valence-corrected chi connectivity index (χ2v) is 5.33. The highest BCUT2D eigenvalue weighted by molar-refractivity contribution is 7.15. The first-order chi connectivity index (χ1) is 8.66. The van der Waals surface area contributed by atoms with Crippen molar-refractivity contribution in [2.24, 2.45) is 0 Å². The van der Waals surface area contributed by atoms with Gasteiger partial charge in [-0.1, -0.05) is 24.3 Å². The molecule has 2 N–H and O–H groups in total. The second-order valence-electron chi connectivity index (χ2n) is 4.10. The Bertz CT molecular complexity index is 734. The molecule has 0 radical (unpaired) electrons. The summed E-state index contributed by atoms with van der Waals surface area (Å²) >= 11 is 1.45. The zero-order valence-electron chi connectivity index (χ0n) is 9.77. The van der Waals surface area contributed by atoms with Gasteiger partial charge in [-0.15, -0.1) is 11.3 Å². The van der Waals surface area contributed by atoms with Crippen molar-refractivity contribution >= 4 is 27.2 Å². The van der Waals surface area contributed by atoms with Crippen LogP contribution in [0.2, 0.25) is 0 Å². The van der Waals surface area contributed by atoms with E-state index in [1.807, 2.05) is 25.1 Å². The molecule has 2 aromatic carbocycles. The summed E-state index contributed by atoms with van der Waals surface area (Å²) in [6, 6.07) is 10.7. The summed E-state index contributed by atoms with van der Waals surface area (Å²) in [4.78, 5) is 5.38. The summed E-state index contributed by atoms with van der Waals surface area (Å²) in [6.45, 7) is 1.97. The van der Waals surface area contributed by atoms with E-state index in [4.69, 9.17) is 5.73 Å². The molecule has 3 rings (SSSR count). The van der Waals surface area contributed by atoms with Gasteiger partial charge in [-0.05, 0) is 24.4 Å². The maximum Gasteiger partial charge on any atom is 0.180 e. The van der Waals surface area contributed by atoms with Crippen LogP contribution in [-0.2, 0) is 0 Å². The van der Waals surface area contributed by atoms with Gasteiger partial charge < -0.3 is 5.73 Å². The normalized spacial score (nSPS) is 11.0. The SMILES string of the molecule is Cc1sc(N)nc1-c1ccc(F)c2ccccc12. The van der Waals surface area contributed by atoms with Gasteiger partial charge in [0.1, 0.15) is 5.82 Å². The molecule has 0 spiro atoms. The average Bonchev–Trinajstić information content (AvgIpc) is 2.69. The molecule has 3 aromatic rings. The van der Waals surface area contributed by atoms with E-state index in [1.165, 1.54) is 17.4 Å². The fourth-order valence-corrected chi connectivity index (χ4v) is 2.84. The number of fused-ring (bicyclic) bond motifs is 1. The van der Waals surface area contributed by atoms with Crippen LogP contribution >= 0.6 is 11.3 Å². The maximum atomic E-state index is 13.7. The monoisotopic (exact) mass is 258 g/mol. The van der Waals surface area contributed by atoms with Crippen molar-refractivity contribution in [1.82, 2.24) is 4.98 Å². The molecule has 0 atom stereocenters. The summed E-state index contributed by atoms with van der Waals surface area (Å²) in [7, 11) is 0. The quantitative estimate of drug-likeness (QED) is 0.716. The number of thiazole rings is 1. The van der Waals surface area contributed by atoms with Crippen LogP contribution in [0.1, 0.15) is 4.88 Å². The molecule has 2 nitrogen and oxygen atoms in total. The van der Waals surface area contributed by atoms with Crippen LogP contribution in [0.4, 0.5) is 9.52 Å². The lowest BCUT2D eigenvalue weighted by molar-refractivity contribution is 0.640. The zero-order chi connectivity index (χ0) is 12.7. The Hall–Kier alpha value is -1.94. The van der Waals surface area contributed by atoms with Gasteiger partial charge in [0.05, 0.1) is 5.69 Å². The molecule has 0 saturated carbocycles. The number of rotatable bonds is 1. The van der Waals surface area contributed by atoms with Gasteiger partial charge in [0.2, 0.25) is 0 Å². The van der Waals surface area contributed by atoms with Crippen molar-refractivity contribution in [1.29, 1.82) is 0 Å². The van der Waals surface area contributed by atoms with Crippen LogP contribution in [0.5, 0.6) is 0 Å². The smallest absolute Gasteiger partial charge is 0.180 e. The van der Waals surface area contributed by atoms with E-state index in [2.05, 4.69) is 4.98 Å². The first-order valence-electron chi connectivity index (χ1n) is 5.57. The van der Waals surface area contributed by atoms with E-state index >= 15 is 0 Å². The number of aryl methyl sites for hydroxylation is 1. The summed E-state index contributed by atoms with van der Waals surface area (Å²) in [5.74, 6) is -0.213. The number of halogens is 1. The molecule has 0 unspecified atom stereocenters. The molecule has 0 amide bonds. The number of benzene rings is 2. The van der Waals surface area contributed by atoms with Crippen molar-refractivity contribution in [3.63, 3.8) is 0 Å². The Morgan fingerprint density at radius 2 is 1.83 bits per heavy atom. The minimum atomic E-state index is -0.213. The number of nitrogens with zero attached hydrogens (tertiary/aromatic N) is 1. The van der Waals surface area contributed by atoms with Gasteiger partial charge in [0.15, 0.2) is 5.13 Å². The Labute approximate surface area is 108 Å². The third-order valence-corrected chi connectivity index (χ3v) is 3.74. The predicted octanol–water partition coefficient (Wildman–Crippen LogP) is 3.99. The zero-order valence-corrected chi connectivity index (χ0v) is 10.6. The first kappa shape index (κ1) is 11.2. The van der Waals surface area contributed by atoms with Gasteiger partial charge in [-0.2, -0.15) is 0 Å². The molecule has 0 aliphatic rings. The molecule has 4 heteroatoms. The summed E-state index contributed by atoms with van der Waals surface area (Å²) in [6.07, 6.45) is 0. The fraction of sp³-hybridized carbons (Fsp3) is 0.0714. The minimum absolute atomic E-state index is 0.213. The third-order valence-electron chi connectivity index (χ3n) is 2.94. The van der Waals surface area contributed by atoms with Crippen LogP contribution in [0.15, 0.2) is 36.4 Å². The molecule has 0 aliphatic heterocycles. The Balaban J connectivity index is 2.37. The topological polar surface area (TPSA) is 38.9 Å². The number of aromatic nitrogens is 1. The molecular weight excluding hydrogens is 247 g/mol. The van der Waals surface area contributed by atoms with E-state index in [9.17, 15) is 4.39 Å². The van der Waals surface area contributed by atoms with Gasteiger partial charge in [0.25, 0.3) is 0 Å². The van der Waals surface area contributed by atoms with E-state index in [0.717, 1.165) is 21.5 Å². The molecule has 0 bridgehead atoms. The molecule has 1 aromatic heterocycles. The van der Waals surface area contributed by atoms with Crippen LogP contribution in [0.25, 0.3) is 22.0 Å². The largest absolute Gasteiger partial charge is 0.375 e. The van der Waals surface area contributed by atoms with Crippen LogP contribution in [-0.4, -0.2) is 4.98 Å². The number of hydrogen-bond acceptors (Lipinski definition) is 3. The van der Waals surface area contributed by atoms with E-state index in [0.29, 0.717) is 10.5 Å². The highest BCUT2D eigenvalue weighted by Crippen LogP contribution is 2.34. The summed E-state index contributed by atoms with van der Waals surface area (Å²) in [5.41, 5.74) is 7.49. The number of nitrogens with two attached hydrogens (primary N) is 1. The average molecular weight is 258 g/mol. The molecule has 18 heavy (non-hydrogen) atoms. The van der Waals surface area contributed by atoms with Crippen molar-refractivity contribution in [2.75, 3.05) is 5.73 Å². The van der Waals surface area contributed by atoms with Crippen molar-refractivity contribution in [2.45, 2.75) is 6.92 Å². The van der Waals surface area contributed by atoms with Crippen LogP contribution in [0.3, 0.4) is 0 Å². The lowest BCUT2D eigenvalue weighted by Gasteiger charge is -2.06. The van der Waals surface area contributed by atoms with Crippen molar-refractivity contribution < 1.29 is 4.39 Å². The molecule has 0 saturated heterocycles. The maximum absolute atomic E-state index is 13.7. The van der Waals surface area contributed by atoms with Gasteiger partial charge in [-0.3, -0.25) is 0 Å². The highest BCUT2D eigenvalue weighted by Gasteiger charge is 2.12. The first-order valence-corrected chi connectivity index (χ1v) is 6.39. The van der Waals surface area contributed by atoms with Gasteiger partial charge in [0, 0.05) is 15.8 Å². The highest BCUT2D eigenvalue weighted by atomic mass is 32.1. The predicted molar refractivity (Wildman–Crippen MR) is 74.2 cm³/mol. The van der Waals surface area contributed by atoms with Crippen molar-refractivity contribution in [3.05, 3.63) is 47.1 Å². The number of anilines is 1. The Morgan fingerprint density at radius 3 is 2.50 bits per heavy atom. The van der Waals surface area contributed by atoms with E-state index < -0.39 is 0 Å². The van der Waals surface area contributed by atoms with E-state index in [-0.39, 0.29) is 5.82 Å². The third kappa shape index (κ3) is 1.66. The summed E-state index contributed by atoms with van der Waals surface area (Å²) < 4.78 is 13.7. The standard InChI is InChI=1S/C14H11FN2S/c1-8-13(17-14(16)18-8)11-6-7-12(15)10-5-3-2-4-9(10)11/h2-7H,1H3,(H2,16,17). The van der Waals surface area contributed by atoms with Gasteiger partial charge in [-0.25, -0.2) is 9.37 Å². The van der Waals surface area contributed by atoms with Crippen LogP contribution < -0.4 is 5.73 Å². The lowest BCUT2D eigenvalue weighted by atomic mass is 10.0. The van der Waals surface area contributed by atoms with Crippen molar-refractivity contribution in [3.8, 4) is 11.3 Å². The minimum Gasteiger partial charge on any atom is -0.375 e. The lowest BCUT2D eigenvalue weighted by Crippen LogP contribution is -1.88. The molecular formula is C14H11FN2S. The molecule has 90 valence electrons.